The van der Waals surface area contributed by atoms with Crippen LogP contribution in [0.4, 0.5) is 0 Å². The van der Waals surface area contributed by atoms with E-state index in [1.807, 2.05) is 0 Å². The molecule has 0 aromatic heterocycles. The van der Waals surface area contributed by atoms with Crippen LogP contribution in [0.15, 0.2) is 71.4 Å². The van der Waals surface area contributed by atoms with Crippen LogP contribution in [0.1, 0.15) is 11.1 Å². The molecule has 2 atom stereocenters. The zero-order valence-corrected chi connectivity index (χ0v) is 12.9. The highest BCUT2D eigenvalue weighted by molar-refractivity contribution is 5.79. The second-order valence-corrected chi connectivity index (χ2v) is 6.74. The van der Waals surface area contributed by atoms with E-state index in [1.54, 1.807) is 0 Å². The molecule has 0 saturated carbocycles. The third-order valence-electron chi connectivity index (χ3n) is 5.52. The van der Waals surface area contributed by atoms with Crippen LogP contribution in [0.2, 0.25) is 0 Å². The smallest absolute Gasteiger partial charge is 0.0205 e. The Morgan fingerprint density at radius 2 is 1.50 bits per heavy atom. The number of aryl methyl sites for hydroxylation is 2. The molecule has 1 aromatic rings. The molecule has 4 aliphatic carbocycles. The first-order valence-electron chi connectivity index (χ1n) is 8.04. The third-order valence-corrected chi connectivity index (χ3v) is 5.52. The minimum Gasteiger partial charge on any atom is -0.0617 e. The fraction of sp³-hybridized carbons (Fsp3) is 0.182. The van der Waals surface area contributed by atoms with Crippen molar-refractivity contribution in [2.75, 3.05) is 0 Å². The number of benzene rings is 1. The van der Waals surface area contributed by atoms with Gasteiger partial charge in [-0.15, -0.1) is 0 Å². The Morgan fingerprint density at radius 1 is 0.727 bits per heavy atom. The highest BCUT2D eigenvalue weighted by atomic mass is 14.4. The summed E-state index contributed by atoms with van der Waals surface area (Å²) < 4.78 is 0. The zero-order chi connectivity index (χ0) is 14.8. The van der Waals surface area contributed by atoms with Crippen molar-refractivity contribution in [3.8, 4) is 0 Å². The van der Waals surface area contributed by atoms with Crippen molar-refractivity contribution >= 4 is 11.6 Å². The molecule has 0 nitrogen and oxygen atoms in total. The predicted octanol–water partition coefficient (Wildman–Crippen LogP) is 3.41. The maximum Gasteiger partial charge on any atom is 0.0205 e. The van der Waals surface area contributed by atoms with Crippen molar-refractivity contribution in [1.82, 2.24) is 0 Å². The van der Waals surface area contributed by atoms with E-state index in [1.165, 1.54) is 43.9 Å². The van der Waals surface area contributed by atoms with Gasteiger partial charge in [0.15, 0.2) is 0 Å². The first kappa shape index (κ1) is 12.2. The minimum absolute atomic E-state index is 0.495. The molecule has 0 heterocycles. The highest BCUT2D eigenvalue weighted by Crippen LogP contribution is 2.47. The Balaban J connectivity index is 1.97. The van der Waals surface area contributed by atoms with E-state index < -0.39 is 0 Å². The Bertz CT molecular complexity index is 987. The zero-order valence-electron chi connectivity index (χ0n) is 12.9. The van der Waals surface area contributed by atoms with Crippen LogP contribution in [-0.4, -0.2) is 0 Å². The second-order valence-electron chi connectivity index (χ2n) is 6.74. The van der Waals surface area contributed by atoms with Crippen LogP contribution in [0.3, 0.4) is 0 Å². The number of hydrogen-bond acceptors (Lipinski definition) is 0. The molecular formula is C22H18. The van der Waals surface area contributed by atoms with Gasteiger partial charge in [0.05, 0.1) is 0 Å². The molecule has 0 spiro atoms. The number of hydrogen-bond donors (Lipinski definition) is 0. The lowest BCUT2D eigenvalue weighted by atomic mass is 9.64. The molecule has 0 bridgehead atoms. The molecule has 106 valence electrons. The molecule has 0 N–H and O–H groups in total. The molecule has 0 radical (unpaired) electrons. The van der Waals surface area contributed by atoms with Gasteiger partial charge in [0.1, 0.15) is 0 Å². The SMILES string of the molecule is Cc1ccc(C)c2c1=CC1=CC=C3C=CC=C4C=CC=2C1C43. The van der Waals surface area contributed by atoms with E-state index in [9.17, 15) is 0 Å². The fourth-order valence-electron chi connectivity index (χ4n) is 4.46. The summed E-state index contributed by atoms with van der Waals surface area (Å²) >= 11 is 0. The van der Waals surface area contributed by atoms with Crippen LogP contribution in [0, 0.1) is 25.7 Å². The summed E-state index contributed by atoms with van der Waals surface area (Å²) in [5.41, 5.74) is 8.65. The summed E-state index contributed by atoms with van der Waals surface area (Å²) in [5.74, 6) is 1.00. The Morgan fingerprint density at radius 3 is 2.41 bits per heavy atom. The van der Waals surface area contributed by atoms with Gasteiger partial charge in [-0.05, 0) is 57.7 Å². The van der Waals surface area contributed by atoms with Crippen molar-refractivity contribution in [2.45, 2.75) is 13.8 Å². The molecule has 5 rings (SSSR count). The lowest BCUT2D eigenvalue weighted by Gasteiger charge is -2.39. The average Bonchev–Trinajstić information content (AvgIpc) is 2.55. The van der Waals surface area contributed by atoms with E-state index >= 15 is 0 Å². The Labute approximate surface area is 130 Å². The molecule has 0 heteroatoms. The number of allylic oxidation sites excluding steroid dienone is 10. The Kier molecular flexibility index (Phi) is 2.28. The lowest BCUT2D eigenvalue weighted by molar-refractivity contribution is 0.604. The van der Waals surface area contributed by atoms with Crippen molar-refractivity contribution in [2.24, 2.45) is 11.8 Å². The molecule has 0 amide bonds. The van der Waals surface area contributed by atoms with E-state index in [2.05, 4.69) is 74.6 Å². The van der Waals surface area contributed by atoms with Crippen LogP contribution in [0.25, 0.3) is 11.6 Å². The first-order valence-corrected chi connectivity index (χ1v) is 8.04. The van der Waals surface area contributed by atoms with Crippen molar-refractivity contribution < 1.29 is 0 Å². The van der Waals surface area contributed by atoms with Crippen molar-refractivity contribution in [3.63, 3.8) is 0 Å². The molecule has 22 heavy (non-hydrogen) atoms. The topological polar surface area (TPSA) is 0 Å². The monoisotopic (exact) mass is 282 g/mol. The molecule has 2 unspecified atom stereocenters. The largest absolute Gasteiger partial charge is 0.0617 e. The van der Waals surface area contributed by atoms with Gasteiger partial charge in [0.2, 0.25) is 0 Å². The molecule has 1 aromatic carbocycles. The highest BCUT2D eigenvalue weighted by Gasteiger charge is 2.37. The van der Waals surface area contributed by atoms with Gasteiger partial charge in [0.25, 0.3) is 0 Å². The fourth-order valence-corrected chi connectivity index (χ4v) is 4.46. The second kappa shape index (κ2) is 4.10. The molecule has 0 saturated heterocycles. The van der Waals surface area contributed by atoms with Gasteiger partial charge >= 0.3 is 0 Å². The molecular weight excluding hydrogens is 264 g/mol. The first-order chi connectivity index (χ1) is 10.7. The van der Waals surface area contributed by atoms with Gasteiger partial charge < -0.3 is 0 Å². The normalized spacial score (nSPS) is 26.5. The summed E-state index contributed by atoms with van der Waals surface area (Å²) in [5, 5.41) is 2.88. The van der Waals surface area contributed by atoms with Gasteiger partial charge in [-0.3, -0.25) is 0 Å². The summed E-state index contributed by atoms with van der Waals surface area (Å²) in [6, 6.07) is 4.51. The number of fused-ring (bicyclic) bond motifs is 1. The summed E-state index contributed by atoms with van der Waals surface area (Å²) in [6.07, 6.45) is 18.5. The van der Waals surface area contributed by atoms with Crippen LogP contribution in [0.5, 0.6) is 0 Å². The quantitative estimate of drug-likeness (QED) is 0.684. The van der Waals surface area contributed by atoms with Crippen LogP contribution < -0.4 is 10.4 Å². The van der Waals surface area contributed by atoms with E-state index in [0.29, 0.717) is 11.8 Å². The van der Waals surface area contributed by atoms with Crippen molar-refractivity contribution in [1.29, 1.82) is 0 Å². The maximum absolute atomic E-state index is 2.42. The van der Waals surface area contributed by atoms with Gasteiger partial charge in [-0.25, -0.2) is 0 Å². The summed E-state index contributed by atoms with van der Waals surface area (Å²) in [4.78, 5) is 0. The number of rotatable bonds is 0. The van der Waals surface area contributed by atoms with Gasteiger partial charge in [-0.1, -0.05) is 60.7 Å². The van der Waals surface area contributed by atoms with Crippen LogP contribution in [-0.2, 0) is 0 Å². The van der Waals surface area contributed by atoms with E-state index in [0.717, 1.165) is 0 Å². The summed E-state index contributed by atoms with van der Waals surface area (Å²) in [6.45, 7) is 4.47. The van der Waals surface area contributed by atoms with Crippen LogP contribution >= 0.6 is 0 Å². The predicted molar refractivity (Wildman–Crippen MR) is 92.5 cm³/mol. The van der Waals surface area contributed by atoms with Gasteiger partial charge in [0, 0.05) is 11.8 Å². The molecule has 0 aliphatic heterocycles. The lowest BCUT2D eigenvalue weighted by Crippen LogP contribution is -2.41. The molecule has 4 aliphatic rings. The third kappa shape index (κ3) is 1.42. The summed E-state index contributed by atoms with van der Waals surface area (Å²) in [7, 11) is 0. The van der Waals surface area contributed by atoms with Crippen molar-refractivity contribution in [3.05, 3.63) is 92.9 Å². The standard InChI is InChI=1S/C22H18/c1-13-6-7-14(2)20-18-11-10-16-5-3-4-15-8-9-17(12-19(13)20)22(18)21(15)16/h3-12,21-22H,1-2H3. The average molecular weight is 282 g/mol. The van der Waals surface area contributed by atoms with Gasteiger partial charge in [-0.2, -0.15) is 0 Å². The maximum atomic E-state index is 2.42. The molecule has 0 fully saturated rings. The van der Waals surface area contributed by atoms with E-state index in [4.69, 9.17) is 0 Å². The minimum atomic E-state index is 0.495. The van der Waals surface area contributed by atoms with E-state index in [-0.39, 0.29) is 0 Å². The Hall–Kier alpha value is -2.34.